The summed E-state index contributed by atoms with van der Waals surface area (Å²) in [5, 5.41) is 10.4. The molecule has 0 spiro atoms. The Morgan fingerprint density at radius 3 is 2.44 bits per heavy atom. The maximum absolute atomic E-state index is 12.3. The Morgan fingerprint density at radius 1 is 1.24 bits per heavy atom. The van der Waals surface area contributed by atoms with Crippen LogP contribution in [0.2, 0.25) is 0 Å². The number of nitrogen functional groups attached to an aromatic ring is 1. The third kappa shape index (κ3) is 4.73. The molecule has 136 valence electrons. The minimum atomic E-state index is -0.297. The molecule has 0 saturated heterocycles. The van der Waals surface area contributed by atoms with E-state index in [0.717, 1.165) is 12.1 Å². The van der Waals surface area contributed by atoms with Gasteiger partial charge in [0.2, 0.25) is 0 Å². The summed E-state index contributed by atoms with van der Waals surface area (Å²) in [6, 6.07) is 9.41. The first-order valence-corrected chi connectivity index (χ1v) is 8.34. The molecule has 0 bridgehead atoms. The molecule has 1 aromatic carbocycles. The lowest BCUT2D eigenvalue weighted by Gasteiger charge is -2.20. The number of likely N-dealkylation sites (N-methyl/N-ethyl adjacent to an activating group) is 1. The minimum Gasteiger partial charge on any atom is -0.382 e. The molecule has 0 saturated carbocycles. The van der Waals surface area contributed by atoms with Crippen LogP contribution in [0.5, 0.6) is 0 Å². The molecule has 7 heteroatoms. The molecular formula is C18H28N6O. The van der Waals surface area contributed by atoms with E-state index in [9.17, 15) is 4.79 Å². The van der Waals surface area contributed by atoms with Crippen LogP contribution in [0, 0.1) is 0 Å². The highest BCUT2D eigenvalue weighted by atomic mass is 16.2. The number of amides is 2. The van der Waals surface area contributed by atoms with E-state index in [4.69, 9.17) is 5.73 Å². The molecule has 7 nitrogen and oxygen atoms in total. The van der Waals surface area contributed by atoms with Crippen molar-refractivity contribution in [2.45, 2.75) is 26.3 Å². The van der Waals surface area contributed by atoms with E-state index in [1.54, 1.807) is 4.68 Å². The Balaban J connectivity index is 2.32. The molecule has 0 atom stereocenters. The van der Waals surface area contributed by atoms with Crippen molar-refractivity contribution < 1.29 is 4.79 Å². The fourth-order valence-corrected chi connectivity index (χ4v) is 2.41. The second-order valence-corrected chi connectivity index (χ2v) is 7.24. The highest BCUT2D eigenvalue weighted by Gasteiger charge is 2.25. The van der Waals surface area contributed by atoms with Crippen molar-refractivity contribution >= 4 is 17.5 Å². The predicted molar refractivity (Wildman–Crippen MR) is 103 cm³/mol. The van der Waals surface area contributed by atoms with Crippen molar-refractivity contribution in [1.29, 1.82) is 0 Å². The fraction of sp³-hybridized carbons (Fsp3) is 0.444. The predicted octanol–water partition coefficient (Wildman–Crippen LogP) is 2.57. The van der Waals surface area contributed by atoms with Gasteiger partial charge in [-0.05, 0) is 34.9 Å². The molecule has 0 aliphatic rings. The van der Waals surface area contributed by atoms with Gasteiger partial charge < -0.3 is 21.3 Å². The number of anilines is 2. The summed E-state index contributed by atoms with van der Waals surface area (Å²) in [6.07, 6.45) is 0. The first-order chi connectivity index (χ1) is 11.7. The van der Waals surface area contributed by atoms with E-state index in [2.05, 4.69) is 15.7 Å². The number of carbonyl (C=O) groups excluding carboxylic acids is 1. The van der Waals surface area contributed by atoms with Crippen molar-refractivity contribution in [1.82, 2.24) is 20.0 Å². The number of rotatable bonds is 5. The highest BCUT2D eigenvalue weighted by molar-refractivity contribution is 5.97. The van der Waals surface area contributed by atoms with Gasteiger partial charge in [0, 0.05) is 18.7 Å². The van der Waals surface area contributed by atoms with Crippen LogP contribution in [0.15, 0.2) is 30.3 Å². The summed E-state index contributed by atoms with van der Waals surface area (Å²) in [6.45, 7) is 7.37. The van der Waals surface area contributed by atoms with Crippen molar-refractivity contribution in [3.05, 3.63) is 30.3 Å². The average Bonchev–Trinajstić information content (AvgIpc) is 2.85. The Kier molecular flexibility index (Phi) is 5.69. The molecule has 2 rings (SSSR count). The number of carbonyl (C=O) groups is 1. The molecule has 4 N–H and O–H groups in total. The van der Waals surface area contributed by atoms with Crippen LogP contribution in [-0.2, 0) is 5.54 Å². The Hall–Kier alpha value is -2.54. The van der Waals surface area contributed by atoms with Crippen LogP contribution in [0.1, 0.15) is 20.8 Å². The zero-order chi connectivity index (χ0) is 18.6. The Morgan fingerprint density at radius 2 is 1.88 bits per heavy atom. The van der Waals surface area contributed by atoms with E-state index in [1.165, 1.54) is 0 Å². The van der Waals surface area contributed by atoms with Crippen molar-refractivity contribution in [3.8, 4) is 11.3 Å². The normalized spacial score (nSPS) is 11.6. The standard InChI is InChI=1S/C18H28N6O/c1-18(2,3)24-16(19)15(21-17(25)20-11-12-23(4)5)14(22-24)13-9-7-6-8-10-13/h6-10H,11-12,19H2,1-5H3,(H2,20,21,25). The molecule has 0 fully saturated rings. The summed E-state index contributed by atoms with van der Waals surface area (Å²) < 4.78 is 1.74. The first-order valence-electron chi connectivity index (χ1n) is 8.34. The number of hydrogen-bond donors (Lipinski definition) is 3. The molecule has 0 unspecified atom stereocenters. The average molecular weight is 344 g/mol. The maximum atomic E-state index is 12.3. The van der Waals surface area contributed by atoms with Crippen molar-refractivity contribution in [2.75, 3.05) is 38.2 Å². The van der Waals surface area contributed by atoms with Crippen LogP contribution in [0.3, 0.4) is 0 Å². The second kappa shape index (κ2) is 7.57. The van der Waals surface area contributed by atoms with Crippen molar-refractivity contribution in [2.24, 2.45) is 0 Å². The van der Waals surface area contributed by atoms with Crippen LogP contribution in [0.25, 0.3) is 11.3 Å². The molecular weight excluding hydrogens is 316 g/mol. The van der Waals surface area contributed by atoms with E-state index >= 15 is 0 Å². The van der Waals surface area contributed by atoms with Gasteiger partial charge in [-0.15, -0.1) is 0 Å². The van der Waals surface area contributed by atoms with E-state index in [-0.39, 0.29) is 11.6 Å². The monoisotopic (exact) mass is 344 g/mol. The molecule has 25 heavy (non-hydrogen) atoms. The van der Waals surface area contributed by atoms with Gasteiger partial charge in [0.25, 0.3) is 0 Å². The SMILES string of the molecule is CN(C)CCNC(=O)Nc1c(-c2ccccc2)nn(C(C)(C)C)c1N. The van der Waals surface area contributed by atoms with Gasteiger partial charge in [0.1, 0.15) is 17.2 Å². The number of nitrogens with one attached hydrogen (secondary N) is 2. The summed E-state index contributed by atoms with van der Waals surface area (Å²) >= 11 is 0. The Bertz CT molecular complexity index is 715. The van der Waals surface area contributed by atoms with Gasteiger partial charge in [-0.25, -0.2) is 9.48 Å². The van der Waals surface area contributed by atoms with Crippen molar-refractivity contribution in [3.63, 3.8) is 0 Å². The number of aromatic nitrogens is 2. The fourth-order valence-electron chi connectivity index (χ4n) is 2.41. The smallest absolute Gasteiger partial charge is 0.319 e. The van der Waals surface area contributed by atoms with Gasteiger partial charge in [-0.1, -0.05) is 30.3 Å². The second-order valence-electron chi connectivity index (χ2n) is 7.24. The lowest BCUT2D eigenvalue weighted by molar-refractivity contribution is 0.250. The van der Waals surface area contributed by atoms with Gasteiger partial charge in [-0.2, -0.15) is 5.10 Å². The number of urea groups is 1. The minimum absolute atomic E-state index is 0.292. The molecule has 0 radical (unpaired) electrons. The largest absolute Gasteiger partial charge is 0.382 e. The summed E-state index contributed by atoms with van der Waals surface area (Å²) in [5.74, 6) is 0.439. The molecule has 1 aromatic heterocycles. The lowest BCUT2D eigenvalue weighted by atomic mass is 10.1. The summed E-state index contributed by atoms with van der Waals surface area (Å²) in [4.78, 5) is 14.3. The Labute approximate surface area is 149 Å². The number of nitrogens with zero attached hydrogens (tertiary/aromatic N) is 3. The van der Waals surface area contributed by atoms with Gasteiger partial charge in [-0.3, -0.25) is 0 Å². The molecule has 2 amide bonds. The molecule has 0 aliphatic heterocycles. The van der Waals surface area contributed by atoms with Crippen LogP contribution in [0.4, 0.5) is 16.3 Å². The summed E-state index contributed by atoms with van der Waals surface area (Å²) in [5.41, 5.74) is 8.10. The van der Waals surface area contributed by atoms with Crippen LogP contribution < -0.4 is 16.4 Å². The third-order valence-electron chi connectivity index (χ3n) is 3.69. The maximum Gasteiger partial charge on any atom is 0.319 e. The van der Waals surface area contributed by atoms with E-state index in [1.807, 2.05) is 70.1 Å². The topological polar surface area (TPSA) is 88.2 Å². The number of nitrogens with two attached hydrogens (primary N) is 1. The molecule has 2 aromatic rings. The summed E-state index contributed by atoms with van der Waals surface area (Å²) in [7, 11) is 3.91. The van der Waals surface area contributed by atoms with E-state index < -0.39 is 0 Å². The first kappa shape index (κ1) is 18.8. The zero-order valence-corrected chi connectivity index (χ0v) is 15.6. The van der Waals surface area contributed by atoms with Gasteiger partial charge in [0.05, 0.1) is 5.54 Å². The van der Waals surface area contributed by atoms with E-state index in [0.29, 0.717) is 23.7 Å². The zero-order valence-electron chi connectivity index (χ0n) is 15.6. The van der Waals surface area contributed by atoms with Crippen LogP contribution in [-0.4, -0.2) is 47.9 Å². The number of benzene rings is 1. The van der Waals surface area contributed by atoms with Crippen LogP contribution >= 0.6 is 0 Å². The van der Waals surface area contributed by atoms with Gasteiger partial charge >= 0.3 is 6.03 Å². The molecule has 0 aliphatic carbocycles. The quantitative estimate of drug-likeness (QED) is 0.778. The highest BCUT2D eigenvalue weighted by Crippen LogP contribution is 2.35. The third-order valence-corrected chi connectivity index (χ3v) is 3.69. The molecule has 1 heterocycles. The lowest BCUT2D eigenvalue weighted by Crippen LogP contribution is -2.34. The van der Waals surface area contributed by atoms with Gasteiger partial charge in [0.15, 0.2) is 0 Å². The number of hydrogen-bond acceptors (Lipinski definition) is 4.